The maximum Gasteiger partial charge on any atom is 0.0485 e. The van der Waals surface area contributed by atoms with Crippen molar-refractivity contribution in [3.63, 3.8) is 0 Å². The standard InChI is InChI=1S/C24H28N2S/c1-18(2)16-19(3)25-23-15-14-21(26-20-10-6-4-7-11-20)17-24(23)27-22-12-8-5-9-13-22/h4-15,17-19,25-26H,16H2,1-3H3. The van der Waals surface area contributed by atoms with Gasteiger partial charge in [-0.05, 0) is 61.7 Å². The summed E-state index contributed by atoms with van der Waals surface area (Å²) < 4.78 is 0. The molecular formula is C24H28N2S. The van der Waals surface area contributed by atoms with E-state index in [2.05, 4.69) is 92.1 Å². The molecule has 0 radical (unpaired) electrons. The van der Waals surface area contributed by atoms with E-state index in [0.717, 1.165) is 17.8 Å². The van der Waals surface area contributed by atoms with Crippen LogP contribution in [0.3, 0.4) is 0 Å². The number of hydrogen-bond acceptors (Lipinski definition) is 3. The molecule has 3 heteroatoms. The van der Waals surface area contributed by atoms with Crippen molar-refractivity contribution in [2.45, 2.75) is 43.0 Å². The monoisotopic (exact) mass is 376 g/mol. The average Bonchev–Trinajstić information content (AvgIpc) is 2.65. The van der Waals surface area contributed by atoms with E-state index in [1.807, 2.05) is 18.2 Å². The van der Waals surface area contributed by atoms with E-state index in [4.69, 9.17) is 0 Å². The van der Waals surface area contributed by atoms with Crippen molar-refractivity contribution in [3.05, 3.63) is 78.9 Å². The van der Waals surface area contributed by atoms with Gasteiger partial charge in [0.1, 0.15) is 0 Å². The van der Waals surface area contributed by atoms with Crippen LogP contribution in [-0.2, 0) is 0 Å². The topological polar surface area (TPSA) is 24.1 Å². The molecule has 0 aliphatic rings. The zero-order chi connectivity index (χ0) is 19.1. The molecule has 2 N–H and O–H groups in total. The van der Waals surface area contributed by atoms with E-state index in [0.29, 0.717) is 12.0 Å². The number of anilines is 3. The van der Waals surface area contributed by atoms with E-state index in [9.17, 15) is 0 Å². The van der Waals surface area contributed by atoms with Gasteiger partial charge >= 0.3 is 0 Å². The number of nitrogens with one attached hydrogen (secondary N) is 2. The maximum atomic E-state index is 3.70. The van der Waals surface area contributed by atoms with E-state index in [-0.39, 0.29) is 0 Å². The third-order valence-corrected chi connectivity index (χ3v) is 5.31. The van der Waals surface area contributed by atoms with Gasteiger partial charge in [-0.2, -0.15) is 0 Å². The van der Waals surface area contributed by atoms with E-state index < -0.39 is 0 Å². The molecule has 3 rings (SSSR count). The first-order valence-electron chi connectivity index (χ1n) is 9.55. The van der Waals surface area contributed by atoms with Gasteiger partial charge in [0, 0.05) is 32.9 Å². The zero-order valence-electron chi connectivity index (χ0n) is 16.3. The Labute approximate surface area is 167 Å². The van der Waals surface area contributed by atoms with Crippen molar-refractivity contribution in [2.24, 2.45) is 5.92 Å². The van der Waals surface area contributed by atoms with Crippen molar-refractivity contribution in [1.29, 1.82) is 0 Å². The Bertz CT molecular complexity index is 832. The lowest BCUT2D eigenvalue weighted by Gasteiger charge is -2.20. The highest BCUT2D eigenvalue weighted by molar-refractivity contribution is 7.99. The van der Waals surface area contributed by atoms with Crippen LogP contribution in [-0.4, -0.2) is 6.04 Å². The van der Waals surface area contributed by atoms with Gasteiger partial charge in [0.2, 0.25) is 0 Å². The van der Waals surface area contributed by atoms with Crippen molar-refractivity contribution in [3.8, 4) is 0 Å². The quantitative estimate of drug-likeness (QED) is 0.427. The Morgan fingerprint density at radius 1 is 0.778 bits per heavy atom. The third-order valence-electron chi connectivity index (χ3n) is 4.24. The summed E-state index contributed by atoms with van der Waals surface area (Å²) in [6.07, 6.45) is 1.15. The number of para-hydroxylation sites is 1. The summed E-state index contributed by atoms with van der Waals surface area (Å²) in [5.74, 6) is 0.678. The van der Waals surface area contributed by atoms with E-state index in [1.165, 1.54) is 15.5 Å². The molecule has 0 spiro atoms. The van der Waals surface area contributed by atoms with Crippen LogP contribution >= 0.6 is 11.8 Å². The van der Waals surface area contributed by atoms with Gasteiger partial charge < -0.3 is 10.6 Å². The normalized spacial score (nSPS) is 12.0. The smallest absolute Gasteiger partial charge is 0.0485 e. The first-order chi connectivity index (χ1) is 13.1. The second-order valence-corrected chi connectivity index (χ2v) is 8.41. The molecule has 0 fully saturated rings. The molecule has 27 heavy (non-hydrogen) atoms. The Balaban J connectivity index is 1.85. The summed E-state index contributed by atoms with van der Waals surface area (Å²) in [7, 11) is 0. The fourth-order valence-corrected chi connectivity index (χ4v) is 4.11. The Hall–Kier alpha value is -2.39. The van der Waals surface area contributed by atoms with Crippen molar-refractivity contribution in [2.75, 3.05) is 10.6 Å². The van der Waals surface area contributed by atoms with Gasteiger partial charge in [-0.15, -0.1) is 0 Å². The molecule has 0 aromatic heterocycles. The molecular weight excluding hydrogens is 348 g/mol. The summed E-state index contributed by atoms with van der Waals surface area (Å²) in [5.41, 5.74) is 3.39. The van der Waals surface area contributed by atoms with Gasteiger partial charge in [0.25, 0.3) is 0 Å². The number of rotatable bonds is 8. The van der Waals surface area contributed by atoms with Gasteiger partial charge in [0.15, 0.2) is 0 Å². The molecule has 0 saturated carbocycles. The fraction of sp³-hybridized carbons (Fsp3) is 0.250. The molecule has 0 aliphatic heterocycles. The van der Waals surface area contributed by atoms with Crippen molar-refractivity contribution in [1.82, 2.24) is 0 Å². The lowest BCUT2D eigenvalue weighted by Crippen LogP contribution is -2.17. The minimum absolute atomic E-state index is 0.438. The second kappa shape index (κ2) is 9.52. The molecule has 1 atom stereocenters. The SMILES string of the molecule is CC(C)CC(C)Nc1ccc(Nc2ccccc2)cc1Sc1ccccc1. The third kappa shape index (κ3) is 6.07. The summed E-state index contributed by atoms with van der Waals surface area (Å²) in [6.45, 7) is 6.79. The highest BCUT2D eigenvalue weighted by Crippen LogP contribution is 2.36. The largest absolute Gasteiger partial charge is 0.382 e. The highest BCUT2D eigenvalue weighted by atomic mass is 32.2. The summed E-state index contributed by atoms with van der Waals surface area (Å²) >= 11 is 1.80. The van der Waals surface area contributed by atoms with Gasteiger partial charge in [0.05, 0.1) is 0 Å². The lowest BCUT2D eigenvalue weighted by atomic mass is 10.1. The molecule has 0 heterocycles. The fourth-order valence-electron chi connectivity index (χ4n) is 3.14. The highest BCUT2D eigenvalue weighted by Gasteiger charge is 2.11. The first kappa shape index (κ1) is 19.4. The predicted octanol–water partition coefficient (Wildman–Crippen LogP) is 7.43. The van der Waals surface area contributed by atoms with Crippen LogP contribution in [0.25, 0.3) is 0 Å². The van der Waals surface area contributed by atoms with Crippen LogP contribution in [0.2, 0.25) is 0 Å². The molecule has 0 aliphatic carbocycles. The van der Waals surface area contributed by atoms with Gasteiger partial charge in [-0.3, -0.25) is 0 Å². The Kier molecular flexibility index (Phi) is 6.83. The zero-order valence-corrected chi connectivity index (χ0v) is 17.1. The van der Waals surface area contributed by atoms with E-state index >= 15 is 0 Å². The Morgan fingerprint density at radius 2 is 1.44 bits per heavy atom. The van der Waals surface area contributed by atoms with Gasteiger partial charge in [-0.1, -0.05) is 62.0 Å². The summed E-state index contributed by atoms with van der Waals surface area (Å²) in [5, 5.41) is 7.21. The number of benzene rings is 3. The van der Waals surface area contributed by atoms with Crippen LogP contribution in [0.15, 0.2) is 88.7 Å². The second-order valence-electron chi connectivity index (χ2n) is 7.29. The maximum absolute atomic E-state index is 3.70. The predicted molar refractivity (Wildman–Crippen MR) is 119 cm³/mol. The molecule has 0 amide bonds. The van der Waals surface area contributed by atoms with E-state index in [1.54, 1.807) is 11.8 Å². The summed E-state index contributed by atoms with van der Waals surface area (Å²) in [4.78, 5) is 2.48. The number of hydrogen-bond donors (Lipinski definition) is 2. The average molecular weight is 377 g/mol. The molecule has 140 valence electrons. The van der Waals surface area contributed by atoms with Gasteiger partial charge in [-0.25, -0.2) is 0 Å². The molecule has 1 unspecified atom stereocenters. The minimum Gasteiger partial charge on any atom is -0.382 e. The molecule has 3 aromatic rings. The molecule has 0 saturated heterocycles. The van der Waals surface area contributed by atoms with Crippen molar-refractivity contribution >= 4 is 28.8 Å². The lowest BCUT2D eigenvalue weighted by molar-refractivity contribution is 0.539. The van der Waals surface area contributed by atoms with Crippen LogP contribution in [0, 0.1) is 5.92 Å². The van der Waals surface area contributed by atoms with Crippen LogP contribution in [0.4, 0.5) is 17.1 Å². The molecule has 2 nitrogen and oxygen atoms in total. The molecule has 3 aromatic carbocycles. The van der Waals surface area contributed by atoms with Crippen LogP contribution in [0.1, 0.15) is 27.2 Å². The summed E-state index contributed by atoms with van der Waals surface area (Å²) in [6, 6.07) is 27.8. The minimum atomic E-state index is 0.438. The Morgan fingerprint density at radius 3 is 2.11 bits per heavy atom. The molecule has 0 bridgehead atoms. The van der Waals surface area contributed by atoms with Crippen LogP contribution in [0.5, 0.6) is 0 Å². The van der Waals surface area contributed by atoms with Crippen LogP contribution < -0.4 is 10.6 Å². The van der Waals surface area contributed by atoms with Crippen molar-refractivity contribution < 1.29 is 0 Å². The first-order valence-corrected chi connectivity index (χ1v) is 10.4.